The van der Waals surface area contributed by atoms with Crippen molar-refractivity contribution in [3.05, 3.63) is 52.8 Å². The lowest BCUT2D eigenvalue weighted by Gasteiger charge is -2.02. The van der Waals surface area contributed by atoms with E-state index in [4.69, 9.17) is 17.3 Å². The van der Waals surface area contributed by atoms with Crippen molar-refractivity contribution in [3.8, 4) is 0 Å². The Balaban J connectivity index is 2.46. The van der Waals surface area contributed by atoms with Crippen molar-refractivity contribution in [3.63, 3.8) is 0 Å². The molecule has 0 aliphatic heterocycles. The summed E-state index contributed by atoms with van der Waals surface area (Å²) in [6.07, 6.45) is 1.69. The number of benzene rings is 1. The first kappa shape index (κ1) is 9.80. The molecule has 1 heterocycles. The summed E-state index contributed by atoms with van der Waals surface area (Å²) in [7, 11) is 0. The minimum absolute atomic E-state index is 0.155. The van der Waals surface area contributed by atoms with Gasteiger partial charge in [-0.15, -0.1) is 0 Å². The molecule has 1 aromatic heterocycles. The highest BCUT2D eigenvalue weighted by Gasteiger charge is 2.13. The largest absolute Gasteiger partial charge is 0.399 e. The third-order valence-corrected chi connectivity index (χ3v) is 2.41. The number of ketones is 1. The van der Waals surface area contributed by atoms with E-state index in [1.165, 1.54) is 0 Å². The fraction of sp³-hybridized carbons (Fsp3) is 0. The zero-order valence-electron chi connectivity index (χ0n) is 7.83. The third kappa shape index (κ3) is 1.87. The van der Waals surface area contributed by atoms with E-state index in [0.717, 1.165) is 0 Å². The summed E-state index contributed by atoms with van der Waals surface area (Å²) >= 11 is 5.92. The van der Waals surface area contributed by atoms with Gasteiger partial charge < -0.3 is 10.7 Å². The number of aromatic nitrogens is 1. The number of carbonyl (C=O) groups excluding carboxylic acids is 1. The molecule has 76 valence electrons. The van der Waals surface area contributed by atoms with E-state index >= 15 is 0 Å². The molecule has 0 bridgehead atoms. The molecule has 0 unspecified atom stereocenters. The van der Waals surface area contributed by atoms with Crippen LogP contribution < -0.4 is 5.73 Å². The van der Waals surface area contributed by atoms with Crippen LogP contribution in [0.15, 0.2) is 36.5 Å². The molecule has 2 aromatic rings. The predicted octanol–water partition coefficient (Wildman–Crippen LogP) is 2.48. The number of H-pyrrole nitrogens is 1. The molecule has 0 saturated heterocycles. The number of hydrogen-bond acceptors (Lipinski definition) is 2. The summed E-state index contributed by atoms with van der Waals surface area (Å²) in [5.41, 5.74) is 7.04. The van der Waals surface area contributed by atoms with Gasteiger partial charge in [0.15, 0.2) is 0 Å². The highest BCUT2D eigenvalue weighted by Crippen LogP contribution is 2.21. The van der Waals surface area contributed by atoms with E-state index in [0.29, 0.717) is 22.0 Å². The molecular formula is C11H9ClN2O. The van der Waals surface area contributed by atoms with Crippen molar-refractivity contribution in [2.24, 2.45) is 0 Å². The SMILES string of the molecule is Nc1ccc(Cl)c(C(=O)c2ccc[nH]2)c1. The van der Waals surface area contributed by atoms with Crippen molar-refractivity contribution in [2.45, 2.75) is 0 Å². The molecule has 0 amide bonds. The summed E-state index contributed by atoms with van der Waals surface area (Å²) in [5, 5.41) is 0.406. The molecule has 15 heavy (non-hydrogen) atoms. The molecule has 0 saturated carbocycles. The van der Waals surface area contributed by atoms with E-state index in [1.54, 1.807) is 36.5 Å². The molecule has 2 rings (SSSR count). The minimum Gasteiger partial charge on any atom is -0.399 e. The quantitative estimate of drug-likeness (QED) is 0.604. The number of hydrogen-bond donors (Lipinski definition) is 2. The number of anilines is 1. The maximum Gasteiger partial charge on any atom is 0.210 e. The van der Waals surface area contributed by atoms with Gasteiger partial charge in [0.25, 0.3) is 0 Å². The van der Waals surface area contributed by atoms with E-state index in [2.05, 4.69) is 4.98 Å². The lowest BCUT2D eigenvalue weighted by Crippen LogP contribution is -2.03. The van der Waals surface area contributed by atoms with Crippen LogP contribution in [0.5, 0.6) is 0 Å². The van der Waals surface area contributed by atoms with E-state index in [-0.39, 0.29) is 5.78 Å². The van der Waals surface area contributed by atoms with Gasteiger partial charge in [-0.2, -0.15) is 0 Å². The molecule has 0 aliphatic rings. The summed E-state index contributed by atoms with van der Waals surface area (Å²) in [5.74, 6) is -0.155. The summed E-state index contributed by atoms with van der Waals surface area (Å²) in [4.78, 5) is 14.7. The molecule has 0 aliphatic carbocycles. The van der Waals surface area contributed by atoms with Crippen LogP contribution >= 0.6 is 11.6 Å². The zero-order chi connectivity index (χ0) is 10.8. The second-order valence-corrected chi connectivity index (χ2v) is 3.56. The summed E-state index contributed by atoms with van der Waals surface area (Å²) in [6.45, 7) is 0. The van der Waals surface area contributed by atoms with E-state index in [9.17, 15) is 4.79 Å². The normalized spacial score (nSPS) is 10.2. The number of nitrogens with one attached hydrogen (secondary N) is 1. The Kier molecular flexibility index (Phi) is 2.47. The first-order valence-electron chi connectivity index (χ1n) is 4.41. The molecule has 3 N–H and O–H groups in total. The standard InChI is InChI=1S/C11H9ClN2O/c12-9-4-3-7(13)6-8(9)11(15)10-2-1-5-14-10/h1-6,14H,13H2. The molecule has 0 fully saturated rings. The average molecular weight is 221 g/mol. The molecule has 0 radical (unpaired) electrons. The maximum absolute atomic E-state index is 11.9. The highest BCUT2D eigenvalue weighted by molar-refractivity contribution is 6.35. The van der Waals surface area contributed by atoms with Gasteiger partial charge >= 0.3 is 0 Å². The van der Waals surface area contributed by atoms with E-state index < -0.39 is 0 Å². The Morgan fingerprint density at radius 2 is 2.13 bits per heavy atom. The monoisotopic (exact) mass is 220 g/mol. The second kappa shape index (κ2) is 3.79. The van der Waals surface area contributed by atoms with Crippen molar-refractivity contribution in [1.29, 1.82) is 0 Å². The van der Waals surface area contributed by atoms with Crippen LogP contribution in [-0.4, -0.2) is 10.8 Å². The number of aromatic amines is 1. The van der Waals surface area contributed by atoms with Crippen LogP contribution in [0.1, 0.15) is 16.1 Å². The zero-order valence-corrected chi connectivity index (χ0v) is 8.58. The molecule has 4 heteroatoms. The minimum atomic E-state index is -0.155. The Bertz CT molecular complexity index is 491. The Labute approximate surface area is 91.9 Å². The first-order valence-corrected chi connectivity index (χ1v) is 4.79. The van der Waals surface area contributed by atoms with Gasteiger partial charge in [-0.25, -0.2) is 0 Å². The van der Waals surface area contributed by atoms with Crippen LogP contribution in [-0.2, 0) is 0 Å². The molecule has 1 aromatic carbocycles. The van der Waals surface area contributed by atoms with Gasteiger partial charge in [-0.1, -0.05) is 11.6 Å². The Morgan fingerprint density at radius 1 is 1.33 bits per heavy atom. The van der Waals surface area contributed by atoms with Crippen molar-refractivity contribution >= 4 is 23.1 Å². The van der Waals surface area contributed by atoms with Gasteiger partial charge in [0.05, 0.1) is 10.7 Å². The molecule has 0 atom stereocenters. The lowest BCUT2D eigenvalue weighted by atomic mass is 10.1. The van der Waals surface area contributed by atoms with Gasteiger partial charge in [-0.05, 0) is 30.3 Å². The van der Waals surface area contributed by atoms with Crippen LogP contribution in [0, 0.1) is 0 Å². The fourth-order valence-electron chi connectivity index (χ4n) is 1.33. The van der Waals surface area contributed by atoms with Gasteiger partial charge in [0.2, 0.25) is 5.78 Å². The topological polar surface area (TPSA) is 58.9 Å². The van der Waals surface area contributed by atoms with Crippen LogP contribution in [0.25, 0.3) is 0 Å². The number of nitrogens with two attached hydrogens (primary N) is 1. The summed E-state index contributed by atoms with van der Waals surface area (Å²) < 4.78 is 0. The smallest absolute Gasteiger partial charge is 0.210 e. The number of nitrogen functional groups attached to an aromatic ring is 1. The highest BCUT2D eigenvalue weighted by atomic mass is 35.5. The first-order chi connectivity index (χ1) is 7.18. The summed E-state index contributed by atoms with van der Waals surface area (Å²) in [6, 6.07) is 8.31. The van der Waals surface area contributed by atoms with Crippen molar-refractivity contribution in [1.82, 2.24) is 4.98 Å². The van der Waals surface area contributed by atoms with Crippen molar-refractivity contribution in [2.75, 3.05) is 5.73 Å². The second-order valence-electron chi connectivity index (χ2n) is 3.15. The third-order valence-electron chi connectivity index (χ3n) is 2.08. The van der Waals surface area contributed by atoms with Gasteiger partial charge in [0.1, 0.15) is 0 Å². The molecule has 0 spiro atoms. The number of carbonyl (C=O) groups is 1. The predicted molar refractivity (Wildman–Crippen MR) is 60.1 cm³/mol. The van der Waals surface area contributed by atoms with Gasteiger partial charge in [-0.3, -0.25) is 4.79 Å². The van der Waals surface area contributed by atoms with Crippen LogP contribution in [0.4, 0.5) is 5.69 Å². The Morgan fingerprint density at radius 3 is 2.80 bits per heavy atom. The van der Waals surface area contributed by atoms with Crippen molar-refractivity contribution < 1.29 is 4.79 Å². The average Bonchev–Trinajstić information content (AvgIpc) is 2.74. The van der Waals surface area contributed by atoms with Crippen LogP contribution in [0.3, 0.4) is 0 Å². The van der Waals surface area contributed by atoms with Crippen LogP contribution in [0.2, 0.25) is 5.02 Å². The Hall–Kier alpha value is -1.74. The lowest BCUT2D eigenvalue weighted by molar-refractivity contribution is 0.103. The fourth-order valence-corrected chi connectivity index (χ4v) is 1.54. The number of halogens is 1. The molecular weight excluding hydrogens is 212 g/mol. The van der Waals surface area contributed by atoms with E-state index in [1.807, 2.05) is 0 Å². The molecule has 3 nitrogen and oxygen atoms in total. The number of rotatable bonds is 2. The van der Waals surface area contributed by atoms with Gasteiger partial charge in [0, 0.05) is 17.4 Å². The maximum atomic E-state index is 11.9.